The van der Waals surface area contributed by atoms with Gasteiger partial charge in [0.25, 0.3) is 5.91 Å². The summed E-state index contributed by atoms with van der Waals surface area (Å²) in [5.74, 6) is -0.199. The fourth-order valence-electron chi connectivity index (χ4n) is 3.61. The van der Waals surface area contributed by atoms with E-state index in [2.05, 4.69) is 39.0 Å². The first-order valence-electron chi connectivity index (χ1n) is 10.6. The van der Waals surface area contributed by atoms with Crippen LogP contribution in [0.2, 0.25) is 0 Å². The molecule has 0 bridgehead atoms. The Morgan fingerprint density at radius 3 is 2.58 bits per heavy atom. The van der Waals surface area contributed by atoms with Crippen LogP contribution in [0, 0.1) is 0 Å². The average Bonchev–Trinajstić information content (AvgIpc) is 2.71. The molecule has 2 aromatic carbocycles. The number of amides is 3. The largest absolute Gasteiger partial charge is 0.390 e. The highest BCUT2D eigenvalue weighted by molar-refractivity contribution is 5.97. The Balaban J connectivity index is 1.45. The molecule has 1 aliphatic rings. The third-order valence-electron chi connectivity index (χ3n) is 5.05. The van der Waals surface area contributed by atoms with E-state index in [4.69, 9.17) is 0 Å². The number of hydrogen-bond donors (Lipinski definition) is 4. The number of urea groups is 1. The quantitative estimate of drug-likeness (QED) is 0.574. The van der Waals surface area contributed by atoms with Crippen LogP contribution in [0.4, 0.5) is 10.5 Å². The highest BCUT2D eigenvalue weighted by Crippen LogP contribution is 2.18. The molecule has 3 rings (SSSR count). The van der Waals surface area contributed by atoms with Crippen molar-refractivity contribution in [3.05, 3.63) is 65.2 Å². The zero-order chi connectivity index (χ0) is 22.4. The van der Waals surface area contributed by atoms with E-state index in [9.17, 15) is 14.7 Å². The number of nitrogens with zero attached hydrogens (tertiary/aromatic N) is 1. The number of rotatable bonds is 6. The van der Waals surface area contributed by atoms with E-state index < -0.39 is 12.1 Å². The van der Waals surface area contributed by atoms with E-state index >= 15 is 0 Å². The van der Waals surface area contributed by atoms with Crippen molar-refractivity contribution in [2.24, 2.45) is 0 Å². The summed E-state index contributed by atoms with van der Waals surface area (Å²) in [6.45, 7) is 8.08. The van der Waals surface area contributed by atoms with Crippen molar-refractivity contribution >= 4 is 17.6 Å². The number of carbonyl (C=O) groups excluding carboxylic acids is 2. The normalized spacial score (nSPS) is 15.0. The molecular weight excluding hydrogens is 392 g/mol. The fraction of sp³-hybridized carbons (Fsp3) is 0.417. The van der Waals surface area contributed by atoms with Crippen LogP contribution >= 0.6 is 0 Å². The lowest BCUT2D eigenvalue weighted by molar-refractivity contribution is 0.0919. The van der Waals surface area contributed by atoms with Gasteiger partial charge in [-0.05, 0) is 56.5 Å². The molecule has 31 heavy (non-hydrogen) atoms. The second kappa shape index (κ2) is 9.94. The van der Waals surface area contributed by atoms with Crippen molar-refractivity contribution < 1.29 is 14.7 Å². The number of anilines is 1. The molecular formula is C24H32N4O3. The minimum Gasteiger partial charge on any atom is -0.390 e. The Bertz CT molecular complexity index is 923. The molecule has 166 valence electrons. The predicted molar refractivity (Wildman–Crippen MR) is 122 cm³/mol. The first-order chi connectivity index (χ1) is 14.7. The smallest absolute Gasteiger partial charge is 0.319 e. The van der Waals surface area contributed by atoms with Gasteiger partial charge in [0.2, 0.25) is 0 Å². The van der Waals surface area contributed by atoms with Crippen molar-refractivity contribution in [1.29, 1.82) is 0 Å². The Kier molecular flexibility index (Phi) is 7.30. The monoisotopic (exact) mass is 424 g/mol. The van der Waals surface area contributed by atoms with Crippen LogP contribution < -0.4 is 16.0 Å². The number of fused-ring (bicyclic) bond motifs is 1. The number of aliphatic hydroxyl groups excluding tert-OH is 1. The van der Waals surface area contributed by atoms with Gasteiger partial charge < -0.3 is 21.1 Å². The van der Waals surface area contributed by atoms with Gasteiger partial charge in [0.1, 0.15) is 0 Å². The van der Waals surface area contributed by atoms with Crippen molar-refractivity contribution in [3.8, 4) is 0 Å². The van der Waals surface area contributed by atoms with Gasteiger partial charge in [-0.25, -0.2) is 4.79 Å². The molecule has 0 aliphatic carbocycles. The summed E-state index contributed by atoms with van der Waals surface area (Å²) in [5.41, 5.74) is 3.30. The fourth-order valence-corrected chi connectivity index (χ4v) is 3.61. The Morgan fingerprint density at radius 1 is 1.10 bits per heavy atom. The Hall–Kier alpha value is -2.90. The van der Waals surface area contributed by atoms with Crippen LogP contribution in [0.1, 0.15) is 42.3 Å². The number of aliphatic hydroxyl groups is 1. The van der Waals surface area contributed by atoms with Crippen LogP contribution in [0.5, 0.6) is 0 Å². The van der Waals surface area contributed by atoms with E-state index in [1.165, 1.54) is 11.1 Å². The predicted octanol–water partition coefficient (Wildman–Crippen LogP) is 2.76. The molecule has 0 radical (unpaired) electrons. The zero-order valence-electron chi connectivity index (χ0n) is 18.4. The van der Waals surface area contributed by atoms with Crippen molar-refractivity contribution in [2.45, 2.75) is 45.4 Å². The van der Waals surface area contributed by atoms with Gasteiger partial charge in [-0.15, -0.1) is 0 Å². The van der Waals surface area contributed by atoms with Crippen LogP contribution in [-0.2, 0) is 13.0 Å². The summed E-state index contributed by atoms with van der Waals surface area (Å²) in [6.07, 6.45) is 0.301. The molecule has 1 atom stereocenters. The number of nitrogens with one attached hydrogen (secondary N) is 3. The summed E-state index contributed by atoms with van der Waals surface area (Å²) in [6, 6.07) is 14.7. The zero-order valence-corrected chi connectivity index (χ0v) is 18.4. The third kappa shape index (κ3) is 7.08. The minimum atomic E-state index is -0.667. The topological polar surface area (TPSA) is 93.7 Å². The molecule has 7 nitrogen and oxygen atoms in total. The lowest BCUT2D eigenvalue weighted by Gasteiger charge is -2.30. The van der Waals surface area contributed by atoms with Crippen molar-refractivity contribution in [1.82, 2.24) is 15.5 Å². The molecule has 4 N–H and O–H groups in total. The molecule has 7 heteroatoms. The molecule has 0 saturated carbocycles. The maximum atomic E-state index is 12.3. The number of β-amino-alcohol motifs (C(OH)–C–C–N with tert-alkyl or cyclic N) is 1. The third-order valence-corrected chi connectivity index (χ3v) is 5.05. The average molecular weight is 425 g/mol. The second-order valence-corrected chi connectivity index (χ2v) is 9.03. The first-order valence-corrected chi connectivity index (χ1v) is 10.6. The highest BCUT2D eigenvalue weighted by atomic mass is 16.3. The molecule has 0 fully saturated rings. The summed E-state index contributed by atoms with van der Waals surface area (Å²) in [4.78, 5) is 26.7. The first kappa shape index (κ1) is 22.8. The van der Waals surface area contributed by atoms with E-state index in [1.807, 2.05) is 26.8 Å². The van der Waals surface area contributed by atoms with Gasteiger partial charge >= 0.3 is 6.03 Å². The SMILES string of the molecule is CC(C)(C)NC(=O)c1cccc(NC(=O)NCC(O)CN2CCc3ccccc3C2)c1. The standard InChI is InChI=1S/C24H32N4O3/c1-24(2,3)27-22(30)18-9-6-10-20(13-18)26-23(31)25-14-21(29)16-28-12-11-17-7-4-5-8-19(17)15-28/h4-10,13,21,29H,11-12,14-16H2,1-3H3,(H,27,30)(H2,25,26,31). The Labute approximate surface area is 183 Å². The van der Waals surface area contributed by atoms with Crippen LogP contribution in [0.15, 0.2) is 48.5 Å². The number of hydrogen-bond acceptors (Lipinski definition) is 4. The molecule has 3 amide bonds. The van der Waals surface area contributed by atoms with Gasteiger partial charge in [0.05, 0.1) is 6.10 Å². The van der Waals surface area contributed by atoms with Crippen molar-refractivity contribution in [2.75, 3.05) is 25.0 Å². The summed E-state index contributed by atoms with van der Waals surface area (Å²) in [5, 5.41) is 18.7. The molecule has 1 unspecified atom stereocenters. The lowest BCUT2D eigenvalue weighted by Crippen LogP contribution is -2.43. The maximum Gasteiger partial charge on any atom is 0.319 e. The maximum absolute atomic E-state index is 12.3. The molecule has 0 spiro atoms. The number of carbonyl (C=O) groups is 2. The van der Waals surface area contributed by atoms with Gasteiger partial charge in [-0.3, -0.25) is 9.69 Å². The highest BCUT2D eigenvalue weighted by Gasteiger charge is 2.19. The van der Waals surface area contributed by atoms with E-state index in [0.29, 0.717) is 17.8 Å². The summed E-state index contributed by atoms with van der Waals surface area (Å²) >= 11 is 0. The lowest BCUT2D eigenvalue weighted by atomic mass is 10.00. The van der Waals surface area contributed by atoms with Gasteiger partial charge in [0.15, 0.2) is 0 Å². The van der Waals surface area contributed by atoms with Gasteiger partial charge in [0, 0.05) is 43.0 Å². The van der Waals surface area contributed by atoms with E-state index in [1.54, 1.807) is 24.3 Å². The summed E-state index contributed by atoms with van der Waals surface area (Å²) < 4.78 is 0. The molecule has 2 aromatic rings. The molecule has 1 aliphatic heterocycles. The Morgan fingerprint density at radius 2 is 1.84 bits per heavy atom. The molecule has 0 saturated heterocycles. The summed E-state index contributed by atoms with van der Waals surface area (Å²) in [7, 11) is 0. The number of benzene rings is 2. The molecule has 1 heterocycles. The van der Waals surface area contributed by atoms with Crippen molar-refractivity contribution in [3.63, 3.8) is 0 Å². The minimum absolute atomic E-state index is 0.147. The van der Waals surface area contributed by atoms with Crippen LogP contribution in [-0.4, -0.2) is 53.2 Å². The second-order valence-electron chi connectivity index (χ2n) is 9.03. The van der Waals surface area contributed by atoms with Crippen LogP contribution in [0.25, 0.3) is 0 Å². The molecule has 0 aromatic heterocycles. The van der Waals surface area contributed by atoms with Gasteiger partial charge in [-0.2, -0.15) is 0 Å². The van der Waals surface area contributed by atoms with E-state index in [0.717, 1.165) is 19.5 Å². The van der Waals surface area contributed by atoms with Crippen LogP contribution in [0.3, 0.4) is 0 Å². The van der Waals surface area contributed by atoms with E-state index in [-0.39, 0.29) is 18.0 Å². The van der Waals surface area contributed by atoms with Gasteiger partial charge in [-0.1, -0.05) is 30.3 Å².